The molecule has 0 amide bonds. The molecular weight excluding hydrogens is 139 g/mol. The van der Waals surface area contributed by atoms with Crippen molar-refractivity contribution in [3.05, 3.63) is 0 Å². The molecule has 7 heavy (non-hydrogen) atoms. The SMILES string of the molecule is OP.O[Si](O)(O)O. The minimum atomic E-state index is -4.61. The fourth-order valence-corrected chi connectivity index (χ4v) is 0. The second kappa shape index (κ2) is 4.60. The van der Waals surface area contributed by atoms with Gasteiger partial charge in [-0.2, -0.15) is 0 Å². The quantitative estimate of drug-likeness (QED) is 0.187. The molecule has 0 spiro atoms. The Morgan fingerprint density at radius 1 is 0.857 bits per heavy atom. The van der Waals surface area contributed by atoms with Crippen LogP contribution in [0.3, 0.4) is 0 Å². The summed E-state index contributed by atoms with van der Waals surface area (Å²) in [5.74, 6) is 0. The largest absolute Gasteiger partial charge is 0.668 e. The lowest BCUT2D eigenvalue weighted by Gasteiger charge is -1.91. The van der Waals surface area contributed by atoms with Crippen molar-refractivity contribution in [3.8, 4) is 0 Å². The molecule has 5 nitrogen and oxygen atoms in total. The molecule has 7 heteroatoms. The van der Waals surface area contributed by atoms with Crippen molar-refractivity contribution >= 4 is 18.5 Å². The Morgan fingerprint density at radius 3 is 0.857 bits per heavy atom. The maximum Gasteiger partial charge on any atom is 0.668 e. The zero-order valence-corrected chi connectivity index (χ0v) is 5.47. The van der Waals surface area contributed by atoms with Crippen molar-refractivity contribution in [2.24, 2.45) is 0 Å². The van der Waals surface area contributed by atoms with Crippen LogP contribution in [-0.2, 0) is 0 Å². The van der Waals surface area contributed by atoms with Gasteiger partial charge in [0.1, 0.15) is 0 Å². The Hall–Kier alpha value is 0.447. The first kappa shape index (κ1) is 10.4. The van der Waals surface area contributed by atoms with Crippen LogP contribution in [0.5, 0.6) is 0 Å². The fourth-order valence-electron chi connectivity index (χ4n) is 0. The average molecular weight is 146 g/mol. The molecule has 0 fully saturated rings. The molecule has 1 unspecified atom stereocenters. The van der Waals surface area contributed by atoms with Crippen LogP contribution in [0, 0.1) is 0 Å². The monoisotopic (exact) mass is 146 g/mol. The van der Waals surface area contributed by atoms with Gasteiger partial charge in [0.25, 0.3) is 0 Å². The molecular formula is H7O5PSi. The van der Waals surface area contributed by atoms with E-state index in [4.69, 9.17) is 24.1 Å². The van der Waals surface area contributed by atoms with Crippen LogP contribution in [0.2, 0.25) is 0 Å². The highest BCUT2D eigenvalue weighted by molar-refractivity contribution is 7.08. The van der Waals surface area contributed by atoms with E-state index in [0.29, 0.717) is 0 Å². The molecule has 0 bridgehead atoms. The first-order chi connectivity index (χ1) is 3.00. The fraction of sp³-hybridized carbons (Fsp3) is 0. The average Bonchev–Trinajstić information content (AvgIpc) is 1.36. The number of hydrogen-bond acceptors (Lipinski definition) is 5. The molecule has 5 N–H and O–H groups in total. The van der Waals surface area contributed by atoms with Crippen molar-refractivity contribution in [1.82, 2.24) is 0 Å². The summed E-state index contributed by atoms with van der Waals surface area (Å²) in [4.78, 5) is 36.2. The maximum absolute atomic E-state index is 7.33. The van der Waals surface area contributed by atoms with E-state index in [0.717, 1.165) is 0 Å². The van der Waals surface area contributed by atoms with Crippen molar-refractivity contribution in [3.63, 3.8) is 0 Å². The van der Waals surface area contributed by atoms with E-state index >= 15 is 0 Å². The summed E-state index contributed by atoms with van der Waals surface area (Å²) in [5, 5.41) is 0. The number of hydrogen-bond donors (Lipinski definition) is 5. The summed E-state index contributed by atoms with van der Waals surface area (Å²) in [6, 6.07) is 0. The van der Waals surface area contributed by atoms with Gasteiger partial charge in [0.05, 0.1) is 0 Å². The van der Waals surface area contributed by atoms with E-state index in [9.17, 15) is 0 Å². The molecule has 0 aromatic heterocycles. The molecule has 0 aliphatic carbocycles. The molecule has 0 rings (SSSR count). The van der Waals surface area contributed by atoms with Gasteiger partial charge in [0, 0.05) is 0 Å². The summed E-state index contributed by atoms with van der Waals surface area (Å²) >= 11 is 0. The van der Waals surface area contributed by atoms with Gasteiger partial charge < -0.3 is 24.1 Å². The molecule has 0 aromatic rings. The first-order valence-electron chi connectivity index (χ1n) is 1.15. The van der Waals surface area contributed by atoms with Gasteiger partial charge in [0.2, 0.25) is 0 Å². The van der Waals surface area contributed by atoms with E-state index < -0.39 is 9.05 Å². The Labute approximate surface area is 43.6 Å². The van der Waals surface area contributed by atoms with Gasteiger partial charge in [-0.1, -0.05) is 0 Å². The summed E-state index contributed by atoms with van der Waals surface area (Å²) in [5.41, 5.74) is 0. The smallest absolute Gasteiger partial charge is 0.380 e. The highest BCUT2D eigenvalue weighted by Crippen LogP contribution is 1.67. The standard InChI is InChI=1S/H4O4Si.H3OP/c1-5(2,3)4;1-2/h1-4H;1H,2H2. The molecule has 0 aliphatic heterocycles. The topological polar surface area (TPSA) is 101 Å². The van der Waals surface area contributed by atoms with Crippen LogP contribution in [-0.4, -0.2) is 33.1 Å². The van der Waals surface area contributed by atoms with Crippen LogP contribution < -0.4 is 0 Å². The maximum atomic E-state index is 7.33. The molecule has 0 radical (unpaired) electrons. The minimum absolute atomic E-state index is 1.42. The zero-order chi connectivity index (χ0) is 6.50. The third kappa shape index (κ3) is 638. The highest BCUT2D eigenvalue weighted by atomic mass is 31.0. The molecule has 0 aliphatic rings. The van der Waals surface area contributed by atoms with Gasteiger partial charge >= 0.3 is 9.05 Å². The van der Waals surface area contributed by atoms with Gasteiger partial charge in [-0.3, -0.25) is 0 Å². The van der Waals surface area contributed by atoms with Gasteiger partial charge in [-0.25, -0.2) is 0 Å². The molecule has 0 heterocycles. The summed E-state index contributed by atoms with van der Waals surface area (Å²) < 4.78 is 0. The Balaban J connectivity index is 0. The second-order valence-electron chi connectivity index (χ2n) is 0.600. The predicted molar refractivity (Wildman–Crippen MR) is 26.6 cm³/mol. The Morgan fingerprint density at radius 2 is 0.857 bits per heavy atom. The summed E-state index contributed by atoms with van der Waals surface area (Å²) in [6.45, 7) is 0. The second-order valence-corrected chi connectivity index (χ2v) is 1.80. The van der Waals surface area contributed by atoms with Crippen molar-refractivity contribution in [2.45, 2.75) is 0 Å². The Bertz CT molecular complexity index is 23.6. The molecule has 0 aromatic carbocycles. The van der Waals surface area contributed by atoms with E-state index in [-0.39, 0.29) is 0 Å². The van der Waals surface area contributed by atoms with E-state index in [2.05, 4.69) is 0 Å². The lowest BCUT2D eigenvalue weighted by Crippen LogP contribution is -2.33. The molecule has 0 saturated carbocycles. The van der Waals surface area contributed by atoms with Crippen molar-refractivity contribution in [1.29, 1.82) is 0 Å². The van der Waals surface area contributed by atoms with Gasteiger partial charge in [0.15, 0.2) is 0 Å². The lowest BCUT2D eigenvalue weighted by atomic mass is 15.7. The van der Waals surface area contributed by atoms with Gasteiger partial charge in [-0.15, -0.1) is 0 Å². The van der Waals surface area contributed by atoms with Crippen molar-refractivity contribution < 1.29 is 24.1 Å². The third-order valence-electron chi connectivity index (χ3n) is 0. The summed E-state index contributed by atoms with van der Waals surface area (Å²) in [7, 11) is -3.19. The number of rotatable bonds is 0. The van der Waals surface area contributed by atoms with E-state index in [1.165, 1.54) is 9.47 Å². The molecule has 1 atom stereocenters. The van der Waals surface area contributed by atoms with E-state index in [1.54, 1.807) is 0 Å². The Kier molecular flexibility index (Phi) is 6.86. The van der Waals surface area contributed by atoms with Gasteiger partial charge in [-0.05, 0) is 9.47 Å². The third-order valence-corrected chi connectivity index (χ3v) is 0. The van der Waals surface area contributed by atoms with Crippen LogP contribution in [0.4, 0.5) is 0 Å². The van der Waals surface area contributed by atoms with Crippen LogP contribution >= 0.6 is 9.47 Å². The zero-order valence-electron chi connectivity index (χ0n) is 3.31. The van der Waals surface area contributed by atoms with E-state index in [1.807, 2.05) is 0 Å². The minimum Gasteiger partial charge on any atom is -0.380 e. The first-order valence-corrected chi connectivity index (χ1v) is 3.46. The molecule has 0 saturated heterocycles. The lowest BCUT2D eigenvalue weighted by molar-refractivity contribution is 0.117. The van der Waals surface area contributed by atoms with Crippen molar-refractivity contribution in [2.75, 3.05) is 0 Å². The van der Waals surface area contributed by atoms with Crippen LogP contribution in [0.1, 0.15) is 0 Å². The highest BCUT2D eigenvalue weighted by Gasteiger charge is 2.22. The normalized spacial score (nSPS) is 9.43. The molecule has 46 valence electrons. The summed E-state index contributed by atoms with van der Waals surface area (Å²) in [6.07, 6.45) is 0. The van der Waals surface area contributed by atoms with Crippen LogP contribution in [0.15, 0.2) is 0 Å². The van der Waals surface area contributed by atoms with Crippen LogP contribution in [0.25, 0.3) is 0 Å². The predicted octanol–water partition coefficient (Wildman–Crippen LogP) is -2.84.